The molecule has 1 aliphatic heterocycles. The summed E-state index contributed by atoms with van der Waals surface area (Å²) in [5, 5.41) is 13.0. The van der Waals surface area contributed by atoms with Gasteiger partial charge in [0.1, 0.15) is 11.3 Å². The molecule has 5 aromatic rings. The van der Waals surface area contributed by atoms with E-state index in [0.29, 0.717) is 16.9 Å². The summed E-state index contributed by atoms with van der Waals surface area (Å²) in [6.07, 6.45) is 4.92. The molecule has 0 amide bonds. The summed E-state index contributed by atoms with van der Waals surface area (Å²) in [5.74, 6) is 0.252. The van der Waals surface area contributed by atoms with Crippen LogP contribution in [0, 0.1) is 0 Å². The zero-order chi connectivity index (χ0) is 24.5. The van der Waals surface area contributed by atoms with Crippen LogP contribution in [0.1, 0.15) is 40.9 Å². The van der Waals surface area contributed by atoms with Crippen LogP contribution in [0.5, 0.6) is 5.75 Å². The molecule has 1 N–H and O–H groups in total. The molecule has 0 saturated carbocycles. The van der Waals surface area contributed by atoms with E-state index in [4.69, 9.17) is 4.42 Å². The van der Waals surface area contributed by atoms with Crippen molar-refractivity contribution < 1.29 is 14.3 Å². The van der Waals surface area contributed by atoms with E-state index in [0.717, 1.165) is 40.3 Å². The molecule has 6 rings (SSSR count). The van der Waals surface area contributed by atoms with Crippen LogP contribution in [-0.2, 0) is 6.42 Å². The van der Waals surface area contributed by atoms with E-state index in [1.165, 1.54) is 37.9 Å². The fourth-order valence-electron chi connectivity index (χ4n) is 5.38. The molecule has 36 heavy (non-hydrogen) atoms. The van der Waals surface area contributed by atoms with Gasteiger partial charge in [-0.25, -0.2) is 0 Å². The van der Waals surface area contributed by atoms with Crippen LogP contribution in [0.2, 0.25) is 0 Å². The van der Waals surface area contributed by atoms with Crippen molar-refractivity contribution in [3.63, 3.8) is 0 Å². The first-order valence-electron chi connectivity index (χ1n) is 12.8. The zero-order valence-electron chi connectivity index (χ0n) is 20.2. The van der Waals surface area contributed by atoms with Crippen molar-refractivity contribution in [1.29, 1.82) is 0 Å². The molecule has 0 aliphatic carbocycles. The number of phenolic OH excluding ortho intramolecular Hbond substituents is 1. The van der Waals surface area contributed by atoms with E-state index in [1.54, 1.807) is 12.1 Å². The van der Waals surface area contributed by atoms with Gasteiger partial charge in [0.15, 0.2) is 5.76 Å². The molecule has 1 saturated heterocycles. The van der Waals surface area contributed by atoms with Gasteiger partial charge in [0.05, 0.1) is 0 Å². The van der Waals surface area contributed by atoms with Crippen LogP contribution >= 0.6 is 0 Å². The smallest absolute Gasteiger partial charge is 0.228 e. The highest BCUT2D eigenvalue weighted by Crippen LogP contribution is 2.40. The molecule has 1 fully saturated rings. The van der Waals surface area contributed by atoms with Gasteiger partial charge in [-0.3, -0.25) is 4.79 Å². The minimum Gasteiger partial charge on any atom is -0.508 e. The van der Waals surface area contributed by atoms with Crippen molar-refractivity contribution in [3.8, 4) is 16.9 Å². The second-order valence-electron chi connectivity index (χ2n) is 9.69. The number of hydrogen-bond acceptors (Lipinski definition) is 4. The number of carbonyl (C=O) groups is 1. The quantitative estimate of drug-likeness (QED) is 0.264. The van der Waals surface area contributed by atoms with Gasteiger partial charge in [-0.15, -0.1) is 0 Å². The average Bonchev–Trinajstić information content (AvgIpc) is 3.30. The van der Waals surface area contributed by atoms with Crippen molar-refractivity contribution in [2.45, 2.75) is 25.7 Å². The number of aromatic hydroxyl groups is 1. The van der Waals surface area contributed by atoms with Gasteiger partial charge in [0.25, 0.3) is 0 Å². The lowest BCUT2D eigenvalue weighted by Gasteiger charge is -2.26. The van der Waals surface area contributed by atoms with E-state index in [1.807, 2.05) is 42.5 Å². The number of furan rings is 1. The number of carbonyl (C=O) groups excluding carboxylic acids is 1. The predicted molar refractivity (Wildman–Crippen MR) is 145 cm³/mol. The van der Waals surface area contributed by atoms with Crippen LogP contribution in [0.15, 0.2) is 89.3 Å². The summed E-state index contributed by atoms with van der Waals surface area (Å²) in [6.45, 7) is 3.44. The van der Waals surface area contributed by atoms with Crippen LogP contribution < -0.4 is 0 Å². The molecule has 4 nitrogen and oxygen atoms in total. The van der Waals surface area contributed by atoms with Crippen LogP contribution in [-0.4, -0.2) is 35.4 Å². The Bertz CT molecular complexity index is 1540. The van der Waals surface area contributed by atoms with Crippen molar-refractivity contribution >= 4 is 27.5 Å². The third-order valence-corrected chi connectivity index (χ3v) is 7.32. The number of phenols is 1. The Morgan fingerprint density at radius 2 is 1.61 bits per heavy atom. The van der Waals surface area contributed by atoms with E-state index in [-0.39, 0.29) is 11.5 Å². The van der Waals surface area contributed by atoms with Crippen molar-refractivity contribution in [1.82, 2.24) is 4.90 Å². The minimum atomic E-state index is -0.156. The van der Waals surface area contributed by atoms with E-state index >= 15 is 0 Å². The number of ketones is 1. The summed E-state index contributed by atoms with van der Waals surface area (Å²) < 4.78 is 6.14. The largest absolute Gasteiger partial charge is 0.508 e. The third-order valence-electron chi connectivity index (χ3n) is 7.32. The Kier molecular flexibility index (Phi) is 6.04. The molecule has 1 aliphatic rings. The summed E-state index contributed by atoms with van der Waals surface area (Å²) in [5.41, 5.74) is 4.04. The Morgan fingerprint density at radius 1 is 0.833 bits per heavy atom. The number of piperidine rings is 1. The molecule has 0 spiro atoms. The summed E-state index contributed by atoms with van der Waals surface area (Å²) in [7, 11) is 0. The summed E-state index contributed by atoms with van der Waals surface area (Å²) in [4.78, 5) is 16.3. The molecular weight excluding hydrogens is 446 g/mol. The molecule has 0 atom stereocenters. The number of rotatable bonds is 6. The Labute approximate surface area is 210 Å². The average molecular weight is 476 g/mol. The molecule has 1 aromatic heterocycles. The maximum absolute atomic E-state index is 13.8. The molecule has 2 heterocycles. The molecule has 0 radical (unpaired) electrons. The van der Waals surface area contributed by atoms with Crippen molar-refractivity contribution in [2.75, 3.05) is 19.6 Å². The van der Waals surface area contributed by atoms with E-state index in [2.05, 4.69) is 35.2 Å². The Balaban J connectivity index is 1.37. The van der Waals surface area contributed by atoms with Gasteiger partial charge < -0.3 is 14.4 Å². The monoisotopic (exact) mass is 475 g/mol. The van der Waals surface area contributed by atoms with Crippen molar-refractivity contribution in [3.05, 3.63) is 102 Å². The SMILES string of the molecule is O=C(c1ccc(CCN2CCCCC2)cc1)c1oc2cc(O)ccc2c1-c1cccc2ccccc12. The lowest BCUT2D eigenvalue weighted by atomic mass is 9.93. The van der Waals surface area contributed by atoms with Gasteiger partial charge in [-0.05, 0) is 66.4 Å². The van der Waals surface area contributed by atoms with E-state index in [9.17, 15) is 9.90 Å². The topological polar surface area (TPSA) is 53.7 Å². The second-order valence-corrected chi connectivity index (χ2v) is 9.69. The highest BCUT2D eigenvalue weighted by atomic mass is 16.3. The van der Waals surface area contributed by atoms with Gasteiger partial charge in [-0.2, -0.15) is 0 Å². The van der Waals surface area contributed by atoms with Crippen molar-refractivity contribution in [2.24, 2.45) is 0 Å². The number of fused-ring (bicyclic) bond motifs is 2. The number of likely N-dealkylation sites (tertiary alicyclic amines) is 1. The first-order chi connectivity index (χ1) is 17.7. The molecule has 180 valence electrons. The summed E-state index contributed by atoms with van der Waals surface area (Å²) in [6, 6.07) is 27.2. The van der Waals surface area contributed by atoms with Gasteiger partial charge in [0.2, 0.25) is 5.78 Å². The normalized spacial score (nSPS) is 14.4. The minimum absolute atomic E-state index is 0.109. The molecule has 4 heteroatoms. The number of nitrogens with zero attached hydrogens (tertiary/aromatic N) is 1. The fraction of sp³-hybridized carbons (Fsp3) is 0.219. The number of hydrogen-bond donors (Lipinski definition) is 1. The highest BCUT2D eigenvalue weighted by molar-refractivity contribution is 6.18. The first-order valence-corrected chi connectivity index (χ1v) is 12.8. The first kappa shape index (κ1) is 22.6. The molecule has 0 unspecified atom stereocenters. The Hall–Kier alpha value is -3.89. The van der Waals surface area contributed by atoms with E-state index < -0.39 is 0 Å². The standard InChI is InChI=1S/C32H29NO3/c34-25-15-16-28-29(21-25)36-32(30(28)27-10-6-8-23-7-2-3-9-26(23)27)31(35)24-13-11-22(12-14-24)17-20-33-18-4-1-5-19-33/h2-3,6-16,21,34H,1,4-5,17-20H2. The predicted octanol–water partition coefficient (Wildman–Crippen LogP) is 7.22. The van der Waals surface area contributed by atoms with Crippen LogP contribution in [0.3, 0.4) is 0 Å². The fourth-order valence-corrected chi connectivity index (χ4v) is 5.38. The maximum atomic E-state index is 13.8. The van der Waals surface area contributed by atoms with Gasteiger partial charge >= 0.3 is 0 Å². The number of benzene rings is 4. The lowest BCUT2D eigenvalue weighted by Crippen LogP contribution is -2.31. The Morgan fingerprint density at radius 3 is 2.44 bits per heavy atom. The highest BCUT2D eigenvalue weighted by Gasteiger charge is 2.24. The molecule has 0 bridgehead atoms. The lowest BCUT2D eigenvalue weighted by molar-refractivity contribution is 0.101. The van der Waals surface area contributed by atoms with Crippen LogP contribution in [0.25, 0.3) is 32.9 Å². The molecule has 4 aromatic carbocycles. The van der Waals surface area contributed by atoms with Gasteiger partial charge in [-0.1, -0.05) is 73.2 Å². The van der Waals surface area contributed by atoms with Gasteiger partial charge in [0, 0.05) is 29.1 Å². The second kappa shape index (κ2) is 9.63. The zero-order valence-corrected chi connectivity index (χ0v) is 20.2. The molecular formula is C32H29NO3. The maximum Gasteiger partial charge on any atom is 0.228 e. The van der Waals surface area contributed by atoms with Crippen LogP contribution in [0.4, 0.5) is 0 Å². The summed E-state index contributed by atoms with van der Waals surface area (Å²) >= 11 is 0. The third kappa shape index (κ3) is 4.29.